The summed E-state index contributed by atoms with van der Waals surface area (Å²) < 4.78 is 1.77. The first kappa shape index (κ1) is 14.0. The van der Waals surface area contributed by atoms with E-state index < -0.39 is 0 Å². The molecule has 106 valence electrons. The number of hydrogen-bond acceptors (Lipinski definition) is 2. The van der Waals surface area contributed by atoms with E-state index in [2.05, 4.69) is 5.10 Å². The van der Waals surface area contributed by atoms with Gasteiger partial charge < -0.3 is 5.73 Å². The first-order valence-corrected chi connectivity index (χ1v) is 7.18. The first-order valence-electron chi connectivity index (χ1n) is 6.43. The summed E-state index contributed by atoms with van der Waals surface area (Å²) in [6, 6.07) is 13.3. The number of nitrogens with zero attached hydrogens (tertiary/aromatic N) is 2. The van der Waals surface area contributed by atoms with Crippen LogP contribution in [0.2, 0.25) is 10.0 Å². The first-order chi connectivity index (χ1) is 10.1. The Morgan fingerprint density at radius 1 is 1.10 bits per heavy atom. The highest BCUT2D eigenvalue weighted by Crippen LogP contribution is 2.33. The Morgan fingerprint density at radius 2 is 1.86 bits per heavy atom. The zero-order chi connectivity index (χ0) is 15.0. The van der Waals surface area contributed by atoms with Crippen LogP contribution < -0.4 is 5.73 Å². The summed E-state index contributed by atoms with van der Waals surface area (Å²) in [5.74, 6) is 0. The summed E-state index contributed by atoms with van der Waals surface area (Å²) in [6.45, 7) is 2.03. The van der Waals surface area contributed by atoms with E-state index in [-0.39, 0.29) is 0 Å². The monoisotopic (exact) mass is 317 g/mol. The van der Waals surface area contributed by atoms with Crippen LogP contribution in [0.1, 0.15) is 5.56 Å². The fraction of sp³-hybridized carbons (Fsp3) is 0.0625. The van der Waals surface area contributed by atoms with Gasteiger partial charge in [0.15, 0.2) is 0 Å². The second-order valence-electron chi connectivity index (χ2n) is 4.79. The second kappa shape index (κ2) is 5.43. The molecule has 0 radical (unpaired) electrons. The van der Waals surface area contributed by atoms with E-state index in [9.17, 15) is 0 Å². The highest BCUT2D eigenvalue weighted by atomic mass is 35.5. The summed E-state index contributed by atoms with van der Waals surface area (Å²) in [6.07, 6.45) is 1.79. The molecule has 3 nitrogen and oxygen atoms in total. The minimum absolute atomic E-state index is 0.532. The lowest BCUT2D eigenvalue weighted by Gasteiger charge is -2.05. The van der Waals surface area contributed by atoms with Gasteiger partial charge in [-0.15, -0.1) is 0 Å². The lowest BCUT2D eigenvalue weighted by molar-refractivity contribution is 0.876. The Hall–Kier alpha value is -1.97. The lowest BCUT2D eigenvalue weighted by Crippen LogP contribution is -1.97. The van der Waals surface area contributed by atoms with Crippen molar-refractivity contribution < 1.29 is 0 Å². The van der Waals surface area contributed by atoms with Gasteiger partial charge in [-0.2, -0.15) is 5.10 Å². The molecule has 0 aliphatic carbocycles. The van der Waals surface area contributed by atoms with E-state index in [1.54, 1.807) is 23.0 Å². The molecule has 0 atom stereocenters. The third-order valence-electron chi connectivity index (χ3n) is 3.29. The average Bonchev–Trinajstić information content (AvgIpc) is 2.81. The quantitative estimate of drug-likeness (QED) is 0.742. The Kier molecular flexibility index (Phi) is 3.62. The van der Waals surface area contributed by atoms with Crippen LogP contribution in [0.3, 0.4) is 0 Å². The molecule has 1 heterocycles. The van der Waals surface area contributed by atoms with Crippen molar-refractivity contribution in [2.24, 2.45) is 0 Å². The maximum Gasteiger partial charge on any atom is 0.117 e. The Morgan fingerprint density at radius 3 is 2.57 bits per heavy atom. The van der Waals surface area contributed by atoms with Crippen LogP contribution in [0, 0.1) is 6.92 Å². The number of benzene rings is 2. The van der Waals surface area contributed by atoms with Gasteiger partial charge >= 0.3 is 0 Å². The molecular formula is C16H13Cl2N3. The average molecular weight is 318 g/mol. The molecule has 0 amide bonds. The molecule has 0 bridgehead atoms. The minimum Gasteiger partial charge on any atom is -0.396 e. The number of halogens is 2. The fourth-order valence-corrected chi connectivity index (χ4v) is 2.72. The van der Waals surface area contributed by atoms with Crippen LogP contribution >= 0.6 is 23.2 Å². The molecule has 0 saturated carbocycles. The van der Waals surface area contributed by atoms with Crippen molar-refractivity contribution in [3.63, 3.8) is 0 Å². The smallest absolute Gasteiger partial charge is 0.117 e. The highest BCUT2D eigenvalue weighted by molar-refractivity contribution is 6.36. The van der Waals surface area contributed by atoms with Crippen molar-refractivity contribution in [1.29, 1.82) is 0 Å². The van der Waals surface area contributed by atoms with Crippen molar-refractivity contribution in [1.82, 2.24) is 9.78 Å². The van der Waals surface area contributed by atoms with Crippen LogP contribution in [-0.2, 0) is 0 Å². The number of hydrogen-bond donors (Lipinski definition) is 1. The van der Waals surface area contributed by atoms with Gasteiger partial charge in [-0.05, 0) is 36.8 Å². The van der Waals surface area contributed by atoms with Crippen molar-refractivity contribution in [3.05, 3.63) is 64.3 Å². The maximum absolute atomic E-state index is 6.23. The summed E-state index contributed by atoms with van der Waals surface area (Å²) in [4.78, 5) is 0. The highest BCUT2D eigenvalue weighted by Gasteiger charge is 2.13. The van der Waals surface area contributed by atoms with E-state index in [0.717, 1.165) is 16.8 Å². The molecular weight excluding hydrogens is 305 g/mol. The molecule has 0 aliphatic rings. The lowest BCUT2D eigenvalue weighted by atomic mass is 10.1. The fourth-order valence-electron chi connectivity index (χ4n) is 2.22. The molecule has 2 N–H and O–H groups in total. The molecule has 3 rings (SSSR count). The number of rotatable bonds is 2. The van der Waals surface area contributed by atoms with E-state index in [0.29, 0.717) is 21.4 Å². The minimum atomic E-state index is 0.532. The van der Waals surface area contributed by atoms with E-state index >= 15 is 0 Å². The molecule has 0 saturated heterocycles. The normalized spacial score (nSPS) is 10.8. The second-order valence-corrected chi connectivity index (χ2v) is 5.63. The van der Waals surface area contributed by atoms with Gasteiger partial charge in [0.05, 0.1) is 22.6 Å². The SMILES string of the molecule is Cc1ccccc1-n1cc(N)c(-c2ccc(Cl)cc2Cl)n1. The summed E-state index contributed by atoms with van der Waals surface area (Å²) in [7, 11) is 0. The zero-order valence-corrected chi connectivity index (χ0v) is 12.9. The van der Waals surface area contributed by atoms with Crippen LogP contribution in [0.4, 0.5) is 5.69 Å². The van der Waals surface area contributed by atoms with Gasteiger partial charge in [-0.1, -0.05) is 41.4 Å². The number of nitrogens with two attached hydrogens (primary N) is 1. The number of nitrogen functional groups attached to an aromatic ring is 1. The van der Waals surface area contributed by atoms with E-state index in [1.165, 1.54) is 0 Å². The summed E-state index contributed by atoms with van der Waals surface area (Å²) >= 11 is 12.2. The number of para-hydroxylation sites is 1. The number of anilines is 1. The zero-order valence-electron chi connectivity index (χ0n) is 11.3. The Labute approximate surface area is 132 Å². The molecule has 0 fully saturated rings. The molecule has 0 spiro atoms. The Bertz CT molecular complexity index is 809. The van der Waals surface area contributed by atoms with E-state index in [4.69, 9.17) is 28.9 Å². The van der Waals surface area contributed by atoms with Crippen molar-refractivity contribution in [2.75, 3.05) is 5.73 Å². The maximum atomic E-state index is 6.23. The van der Waals surface area contributed by atoms with Crippen LogP contribution in [0.5, 0.6) is 0 Å². The number of aromatic nitrogens is 2. The van der Waals surface area contributed by atoms with Gasteiger partial charge in [0.2, 0.25) is 0 Å². The number of aryl methyl sites for hydroxylation is 1. The van der Waals surface area contributed by atoms with Gasteiger partial charge in [0.1, 0.15) is 5.69 Å². The van der Waals surface area contributed by atoms with E-state index in [1.807, 2.05) is 37.3 Å². The molecule has 21 heavy (non-hydrogen) atoms. The largest absolute Gasteiger partial charge is 0.396 e. The molecule has 0 aliphatic heterocycles. The van der Waals surface area contributed by atoms with Crippen LogP contribution in [0.15, 0.2) is 48.7 Å². The van der Waals surface area contributed by atoms with Crippen LogP contribution in [-0.4, -0.2) is 9.78 Å². The van der Waals surface area contributed by atoms with Gasteiger partial charge in [0.25, 0.3) is 0 Å². The molecule has 3 aromatic rings. The van der Waals surface area contributed by atoms with Gasteiger partial charge in [-0.3, -0.25) is 0 Å². The third kappa shape index (κ3) is 2.62. The summed E-state index contributed by atoms with van der Waals surface area (Å²) in [5.41, 5.74) is 10.2. The van der Waals surface area contributed by atoms with Crippen molar-refractivity contribution >= 4 is 28.9 Å². The van der Waals surface area contributed by atoms with Crippen LogP contribution in [0.25, 0.3) is 16.9 Å². The predicted molar refractivity (Wildman–Crippen MR) is 88.2 cm³/mol. The molecule has 0 unspecified atom stereocenters. The van der Waals surface area contributed by atoms with Gasteiger partial charge in [-0.25, -0.2) is 4.68 Å². The topological polar surface area (TPSA) is 43.8 Å². The molecule has 5 heteroatoms. The Balaban J connectivity index is 2.12. The molecule has 2 aromatic carbocycles. The van der Waals surface area contributed by atoms with Crippen molar-refractivity contribution in [2.45, 2.75) is 6.92 Å². The van der Waals surface area contributed by atoms with Crippen molar-refractivity contribution in [3.8, 4) is 16.9 Å². The summed E-state index contributed by atoms with van der Waals surface area (Å²) in [5, 5.41) is 5.68. The standard InChI is InChI=1S/C16H13Cl2N3/c1-10-4-2-3-5-15(10)21-9-14(19)16(20-21)12-7-6-11(17)8-13(12)18/h2-9H,19H2,1H3. The van der Waals surface area contributed by atoms with Gasteiger partial charge in [0, 0.05) is 10.6 Å². The predicted octanol–water partition coefficient (Wildman–Crippen LogP) is 4.74. The third-order valence-corrected chi connectivity index (χ3v) is 3.84. The molecule has 1 aromatic heterocycles.